The molecular formula is C9H15N3SSi. The molecule has 0 aliphatic heterocycles. The van der Waals surface area contributed by atoms with Crippen molar-refractivity contribution in [2.45, 2.75) is 19.6 Å². The van der Waals surface area contributed by atoms with Crippen molar-refractivity contribution < 1.29 is 0 Å². The Labute approximate surface area is 90.8 Å². The van der Waals surface area contributed by atoms with E-state index in [2.05, 4.69) is 25.0 Å². The van der Waals surface area contributed by atoms with Crippen LogP contribution in [0.1, 0.15) is 0 Å². The molecule has 0 aliphatic carbocycles. The summed E-state index contributed by atoms with van der Waals surface area (Å²) in [7, 11) is -1.19. The fraction of sp³-hybridized carbons (Fsp3) is 0.556. The van der Waals surface area contributed by atoms with E-state index in [-0.39, 0.29) is 5.57 Å². The summed E-state index contributed by atoms with van der Waals surface area (Å²) >= 11 is 1.41. The van der Waals surface area contributed by atoms with E-state index in [0.29, 0.717) is 5.03 Å². The van der Waals surface area contributed by atoms with Gasteiger partial charge in [0.1, 0.15) is 12.1 Å². The Morgan fingerprint density at radius 1 is 1.29 bits per heavy atom. The maximum atomic E-state index is 8.68. The standard InChI is InChI=1S/C9H15N3SSi/c1-13-9(8(5-10)6-11)12-7-14(2,3)4/h12H,7H2,1-4H3. The van der Waals surface area contributed by atoms with Gasteiger partial charge in [-0.05, 0) is 6.26 Å². The molecule has 0 aromatic rings. The highest BCUT2D eigenvalue weighted by Gasteiger charge is 2.14. The predicted molar refractivity (Wildman–Crippen MR) is 63.1 cm³/mol. The second-order valence-corrected chi connectivity index (χ2v) is 10.3. The lowest BCUT2D eigenvalue weighted by atomic mass is 10.3. The molecule has 0 aliphatic rings. The second kappa shape index (κ2) is 5.74. The van der Waals surface area contributed by atoms with Gasteiger partial charge in [-0.1, -0.05) is 19.6 Å². The van der Waals surface area contributed by atoms with E-state index in [0.717, 1.165) is 6.17 Å². The summed E-state index contributed by atoms with van der Waals surface area (Å²) in [5.41, 5.74) is 0.177. The van der Waals surface area contributed by atoms with Gasteiger partial charge in [-0.2, -0.15) is 10.5 Å². The molecule has 0 aromatic heterocycles. The van der Waals surface area contributed by atoms with E-state index in [9.17, 15) is 0 Å². The second-order valence-electron chi connectivity index (χ2n) is 4.05. The van der Waals surface area contributed by atoms with Crippen LogP contribution in [0.5, 0.6) is 0 Å². The normalized spacial score (nSPS) is 9.86. The summed E-state index contributed by atoms with van der Waals surface area (Å²) in [5, 5.41) is 21.2. The third-order valence-electron chi connectivity index (χ3n) is 1.43. The van der Waals surface area contributed by atoms with Crippen molar-refractivity contribution in [1.82, 2.24) is 5.32 Å². The van der Waals surface area contributed by atoms with Crippen LogP contribution in [-0.4, -0.2) is 20.5 Å². The van der Waals surface area contributed by atoms with Crippen LogP contribution < -0.4 is 5.32 Å². The van der Waals surface area contributed by atoms with Gasteiger partial charge in [0.25, 0.3) is 0 Å². The van der Waals surface area contributed by atoms with Crippen LogP contribution >= 0.6 is 11.8 Å². The molecule has 5 heteroatoms. The predicted octanol–water partition coefficient (Wildman–Crippen LogP) is 2.08. The number of hydrogen-bond donors (Lipinski definition) is 1. The Balaban J connectivity index is 4.56. The molecule has 0 radical (unpaired) electrons. The molecule has 0 heterocycles. The summed E-state index contributed by atoms with van der Waals surface area (Å²) in [5.74, 6) is 0. The SMILES string of the molecule is CSC(NC[Si](C)(C)C)=C(C#N)C#N. The largest absolute Gasteiger partial charge is 0.381 e. The maximum absolute atomic E-state index is 8.68. The van der Waals surface area contributed by atoms with E-state index in [4.69, 9.17) is 10.5 Å². The fourth-order valence-electron chi connectivity index (χ4n) is 0.735. The average Bonchev–Trinajstić information content (AvgIpc) is 2.10. The average molecular weight is 225 g/mol. The van der Waals surface area contributed by atoms with Gasteiger partial charge in [0, 0.05) is 6.17 Å². The highest BCUT2D eigenvalue weighted by atomic mass is 32.2. The zero-order chi connectivity index (χ0) is 11.2. The third kappa shape index (κ3) is 4.96. The topological polar surface area (TPSA) is 59.6 Å². The van der Waals surface area contributed by atoms with Crippen LogP contribution in [0.25, 0.3) is 0 Å². The van der Waals surface area contributed by atoms with Gasteiger partial charge in [-0.25, -0.2) is 0 Å². The van der Waals surface area contributed by atoms with Crippen molar-refractivity contribution in [3.05, 3.63) is 10.6 Å². The zero-order valence-electron chi connectivity index (χ0n) is 9.01. The molecule has 0 fully saturated rings. The lowest BCUT2D eigenvalue weighted by molar-refractivity contribution is 0.990. The van der Waals surface area contributed by atoms with Crippen LogP contribution in [0.15, 0.2) is 10.6 Å². The first-order chi connectivity index (χ1) is 6.44. The van der Waals surface area contributed by atoms with Crippen LogP contribution in [0.4, 0.5) is 0 Å². The number of nitriles is 2. The van der Waals surface area contributed by atoms with Gasteiger partial charge in [-0.3, -0.25) is 0 Å². The van der Waals surface area contributed by atoms with E-state index in [1.807, 2.05) is 18.4 Å². The third-order valence-corrected chi connectivity index (χ3v) is 3.43. The van der Waals surface area contributed by atoms with Gasteiger partial charge in [0.05, 0.1) is 13.1 Å². The molecule has 0 saturated heterocycles. The molecule has 76 valence electrons. The monoisotopic (exact) mass is 225 g/mol. The van der Waals surface area contributed by atoms with Crippen LogP contribution in [-0.2, 0) is 0 Å². The number of thioether (sulfide) groups is 1. The van der Waals surface area contributed by atoms with Gasteiger partial charge < -0.3 is 5.32 Å². The number of allylic oxidation sites excluding steroid dienone is 1. The molecule has 0 rings (SSSR count). The molecule has 0 amide bonds. The van der Waals surface area contributed by atoms with Crippen LogP contribution in [0, 0.1) is 22.7 Å². The molecule has 0 unspecified atom stereocenters. The fourth-order valence-corrected chi connectivity index (χ4v) is 2.08. The zero-order valence-corrected chi connectivity index (χ0v) is 10.8. The van der Waals surface area contributed by atoms with Crippen molar-refractivity contribution in [2.24, 2.45) is 0 Å². The highest BCUT2D eigenvalue weighted by Crippen LogP contribution is 2.13. The minimum absolute atomic E-state index is 0.177. The molecule has 14 heavy (non-hydrogen) atoms. The minimum Gasteiger partial charge on any atom is -0.381 e. The Bertz CT molecular complexity index is 287. The molecule has 1 N–H and O–H groups in total. The Morgan fingerprint density at radius 2 is 1.79 bits per heavy atom. The Hall–Kier alpha value is -0.913. The van der Waals surface area contributed by atoms with Gasteiger partial charge in [-0.15, -0.1) is 11.8 Å². The summed E-state index contributed by atoms with van der Waals surface area (Å²) in [6.07, 6.45) is 2.75. The smallest absolute Gasteiger partial charge is 0.159 e. The quantitative estimate of drug-likeness (QED) is 0.588. The summed E-state index contributed by atoms with van der Waals surface area (Å²) in [6, 6.07) is 3.78. The van der Waals surface area contributed by atoms with Crippen molar-refractivity contribution in [3.8, 4) is 12.1 Å². The molecule has 0 aromatic carbocycles. The lowest BCUT2D eigenvalue weighted by Crippen LogP contribution is -2.35. The molecule has 0 spiro atoms. The Kier molecular flexibility index (Phi) is 5.37. The van der Waals surface area contributed by atoms with Crippen LogP contribution in [0.3, 0.4) is 0 Å². The lowest BCUT2D eigenvalue weighted by Gasteiger charge is -2.18. The van der Waals surface area contributed by atoms with Crippen molar-refractivity contribution in [2.75, 3.05) is 12.4 Å². The molecule has 0 atom stereocenters. The minimum atomic E-state index is -1.19. The molecule has 0 bridgehead atoms. The van der Waals surface area contributed by atoms with Crippen molar-refractivity contribution in [1.29, 1.82) is 10.5 Å². The number of nitrogens with one attached hydrogen (secondary N) is 1. The van der Waals surface area contributed by atoms with E-state index in [1.54, 1.807) is 0 Å². The first-order valence-electron chi connectivity index (χ1n) is 4.27. The number of nitrogens with zero attached hydrogens (tertiary/aromatic N) is 2. The highest BCUT2D eigenvalue weighted by molar-refractivity contribution is 8.02. The number of rotatable bonds is 4. The van der Waals surface area contributed by atoms with E-state index >= 15 is 0 Å². The first kappa shape index (κ1) is 13.1. The number of hydrogen-bond acceptors (Lipinski definition) is 4. The summed E-state index contributed by atoms with van der Waals surface area (Å²) < 4.78 is 0. The van der Waals surface area contributed by atoms with Gasteiger partial charge >= 0.3 is 0 Å². The van der Waals surface area contributed by atoms with Crippen LogP contribution in [0.2, 0.25) is 19.6 Å². The molecular weight excluding hydrogens is 210 g/mol. The summed E-state index contributed by atoms with van der Waals surface area (Å²) in [6.45, 7) is 6.70. The van der Waals surface area contributed by atoms with Crippen molar-refractivity contribution in [3.63, 3.8) is 0 Å². The van der Waals surface area contributed by atoms with E-state index < -0.39 is 8.07 Å². The first-order valence-corrected chi connectivity index (χ1v) is 9.20. The van der Waals surface area contributed by atoms with Gasteiger partial charge in [0.15, 0.2) is 5.57 Å². The van der Waals surface area contributed by atoms with Gasteiger partial charge in [0.2, 0.25) is 0 Å². The van der Waals surface area contributed by atoms with Crippen molar-refractivity contribution >= 4 is 19.8 Å². The van der Waals surface area contributed by atoms with E-state index in [1.165, 1.54) is 11.8 Å². The summed E-state index contributed by atoms with van der Waals surface area (Å²) in [4.78, 5) is 0. The molecule has 0 saturated carbocycles. The molecule has 3 nitrogen and oxygen atoms in total. The maximum Gasteiger partial charge on any atom is 0.159 e. The Morgan fingerprint density at radius 3 is 2.07 bits per heavy atom.